The van der Waals surface area contributed by atoms with Gasteiger partial charge in [0.25, 0.3) is 0 Å². The molecule has 0 unspecified atom stereocenters. The molecule has 21 heavy (non-hydrogen) atoms. The van der Waals surface area contributed by atoms with Crippen molar-refractivity contribution in [2.75, 3.05) is 5.43 Å². The van der Waals surface area contributed by atoms with Gasteiger partial charge < -0.3 is 5.73 Å². The molecule has 0 spiro atoms. The first-order chi connectivity index (χ1) is 9.70. The van der Waals surface area contributed by atoms with Gasteiger partial charge in [-0.1, -0.05) is 11.6 Å². The number of halogens is 1. The Labute approximate surface area is 127 Å². The number of hydrogen-bond donors (Lipinski definition) is 3. The van der Waals surface area contributed by atoms with E-state index in [0.717, 1.165) is 0 Å². The molecule has 112 valence electrons. The molecule has 1 rings (SSSR count). The number of nitrogens with one attached hydrogen (secondary N) is 2. The smallest absolute Gasteiger partial charge is 0.201 e. The molecule has 0 heterocycles. The second-order valence-electron chi connectivity index (χ2n) is 4.33. The Morgan fingerprint density at radius 1 is 1.52 bits per heavy atom. The summed E-state index contributed by atoms with van der Waals surface area (Å²) in [5.41, 5.74) is 7.47. The number of amidine groups is 1. The van der Waals surface area contributed by atoms with E-state index in [1.165, 1.54) is 18.2 Å². The van der Waals surface area contributed by atoms with Crippen LogP contribution >= 0.6 is 11.6 Å². The standard InChI is InChI=1S/C12H14ClN5O2S/c1-7(2)21(19,20)8-3-4-9(13)10(5-8)17-18-11(6-14)12(15)16/h3-5,7,17H,1-2H3,(H3,15,16)/b18-11+. The minimum Gasteiger partial charge on any atom is -0.382 e. The maximum atomic E-state index is 12.1. The molecule has 0 radical (unpaired) electrons. The Morgan fingerprint density at radius 3 is 2.62 bits per heavy atom. The van der Waals surface area contributed by atoms with E-state index in [4.69, 9.17) is 28.0 Å². The number of anilines is 1. The Hall–Kier alpha value is -2.11. The molecular formula is C12H14ClN5O2S. The quantitative estimate of drug-likeness (QED) is 0.430. The predicted molar refractivity (Wildman–Crippen MR) is 82.4 cm³/mol. The molecule has 9 heteroatoms. The molecule has 0 saturated carbocycles. The highest BCUT2D eigenvalue weighted by Gasteiger charge is 2.20. The SMILES string of the molecule is CC(C)S(=O)(=O)c1ccc(Cl)c(N/N=C(\C#N)C(=N)N)c1. The topological polar surface area (TPSA) is 132 Å². The largest absolute Gasteiger partial charge is 0.382 e. The molecular weight excluding hydrogens is 314 g/mol. The Morgan fingerprint density at radius 2 is 2.14 bits per heavy atom. The third kappa shape index (κ3) is 3.93. The first kappa shape index (κ1) is 16.9. The fourth-order valence-corrected chi connectivity index (χ4v) is 2.54. The van der Waals surface area contributed by atoms with E-state index in [1.807, 2.05) is 0 Å². The zero-order valence-corrected chi connectivity index (χ0v) is 13.0. The van der Waals surface area contributed by atoms with E-state index < -0.39 is 20.9 Å². The molecule has 0 aliphatic heterocycles. The third-order valence-corrected chi connectivity index (χ3v) is 5.02. The number of nitrogens with zero attached hydrogens (tertiary/aromatic N) is 2. The predicted octanol–water partition coefficient (Wildman–Crippen LogP) is 1.75. The molecule has 0 bridgehead atoms. The van der Waals surface area contributed by atoms with Gasteiger partial charge in [0.05, 0.1) is 20.9 Å². The summed E-state index contributed by atoms with van der Waals surface area (Å²) in [5, 5.41) is 19.1. The normalized spacial score (nSPS) is 12.0. The zero-order valence-electron chi connectivity index (χ0n) is 11.4. The summed E-state index contributed by atoms with van der Waals surface area (Å²) in [6.07, 6.45) is 0. The first-order valence-electron chi connectivity index (χ1n) is 5.81. The molecule has 0 aliphatic rings. The summed E-state index contributed by atoms with van der Waals surface area (Å²) in [6.45, 7) is 3.14. The third-order valence-electron chi connectivity index (χ3n) is 2.54. The molecule has 0 amide bonds. The molecule has 0 saturated heterocycles. The lowest BCUT2D eigenvalue weighted by Crippen LogP contribution is -2.22. The van der Waals surface area contributed by atoms with Gasteiger partial charge in [-0.25, -0.2) is 8.42 Å². The second-order valence-corrected chi connectivity index (χ2v) is 7.24. The van der Waals surface area contributed by atoms with E-state index in [2.05, 4.69) is 10.5 Å². The average Bonchev–Trinajstić information content (AvgIpc) is 2.40. The number of rotatable bonds is 5. The van der Waals surface area contributed by atoms with Gasteiger partial charge in [0, 0.05) is 0 Å². The van der Waals surface area contributed by atoms with Crippen LogP contribution in [0.15, 0.2) is 28.2 Å². The Kier molecular flexibility index (Phi) is 5.29. The maximum Gasteiger partial charge on any atom is 0.201 e. The number of hydrogen-bond acceptors (Lipinski definition) is 6. The van der Waals surface area contributed by atoms with Crippen LogP contribution in [-0.4, -0.2) is 25.2 Å². The fraction of sp³-hybridized carbons (Fsp3) is 0.250. The van der Waals surface area contributed by atoms with Crippen molar-refractivity contribution in [2.45, 2.75) is 24.0 Å². The highest BCUT2D eigenvalue weighted by atomic mass is 35.5. The van der Waals surface area contributed by atoms with E-state index in [-0.39, 0.29) is 21.3 Å². The summed E-state index contributed by atoms with van der Waals surface area (Å²) in [7, 11) is -3.46. The van der Waals surface area contributed by atoms with Gasteiger partial charge >= 0.3 is 0 Å². The summed E-state index contributed by atoms with van der Waals surface area (Å²) in [6, 6.07) is 5.75. The number of sulfone groups is 1. The zero-order chi connectivity index (χ0) is 16.2. The average molecular weight is 328 g/mol. The van der Waals surface area contributed by atoms with Crippen molar-refractivity contribution < 1.29 is 8.42 Å². The van der Waals surface area contributed by atoms with Gasteiger partial charge in [-0.15, -0.1) is 0 Å². The van der Waals surface area contributed by atoms with Gasteiger partial charge in [0.2, 0.25) is 5.71 Å². The molecule has 0 fully saturated rings. The van der Waals surface area contributed by atoms with Gasteiger partial charge in [-0.2, -0.15) is 10.4 Å². The molecule has 4 N–H and O–H groups in total. The fourth-order valence-electron chi connectivity index (χ4n) is 1.30. The Bertz CT molecular complexity index is 735. The van der Waals surface area contributed by atoms with Crippen LogP contribution in [0.3, 0.4) is 0 Å². The van der Waals surface area contributed by atoms with Crippen molar-refractivity contribution in [3.05, 3.63) is 23.2 Å². The number of nitrogens with two attached hydrogens (primary N) is 1. The van der Waals surface area contributed by atoms with Crippen LogP contribution in [0.1, 0.15) is 13.8 Å². The van der Waals surface area contributed by atoms with E-state index in [0.29, 0.717) is 0 Å². The number of hydrazone groups is 1. The van der Waals surface area contributed by atoms with Crippen molar-refractivity contribution in [1.82, 2.24) is 0 Å². The highest BCUT2D eigenvalue weighted by molar-refractivity contribution is 7.92. The summed E-state index contributed by atoms with van der Waals surface area (Å²) < 4.78 is 24.2. The molecule has 7 nitrogen and oxygen atoms in total. The summed E-state index contributed by atoms with van der Waals surface area (Å²) in [5.74, 6) is -0.507. The number of nitriles is 1. The van der Waals surface area contributed by atoms with E-state index in [9.17, 15) is 8.42 Å². The van der Waals surface area contributed by atoms with Crippen LogP contribution < -0.4 is 11.2 Å². The number of benzene rings is 1. The van der Waals surface area contributed by atoms with Crippen LogP contribution in [0.4, 0.5) is 5.69 Å². The van der Waals surface area contributed by atoms with Gasteiger partial charge in [-0.05, 0) is 32.0 Å². The van der Waals surface area contributed by atoms with Crippen LogP contribution in [0.2, 0.25) is 5.02 Å². The summed E-state index contributed by atoms with van der Waals surface area (Å²) in [4.78, 5) is 0.0842. The van der Waals surface area contributed by atoms with E-state index in [1.54, 1.807) is 19.9 Å². The molecule has 0 atom stereocenters. The van der Waals surface area contributed by atoms with Crippen LogP contribution in [0.25, 0.3) is 0 Å². The Balaban J connectivity index is 3.22. The van der Waals surface area contributed by atoms with Crippen molar-refractivity contribution in [1.29, 1.82) is 10.7 Å². The lowest BCUT2D eigenvalue weighted by Gasteiger charge is -2.10. The minimum atomic E-state index is -3.46. The maximum absolute atomic E-state index is 12.1. The van der Waals surface area contributed by atoms with Crippen LogP contribution in [0, 0.1) is 16.7 Å². The van der Waals surface area contributed by atoms with Crippen LogP contribution in [0.5, 0.6) is 0 Å². The van der Waals surface area contributed by atoms with E-state index >= 15 is 0 Å². The summed E-state index contributed by atoms with van der Waals surface area (Å²) >= 11 is 5.94. The second kappa shape index (κ2) is 6.56. The van der Waals surface area contributed by atoms with Crippen molar-refractivity contribution in [3.63, 3.8) is 0 Å². The highest BCUT2D eigenvalue weighted by Crippen LogP contribution is 2.27. The molecule has 1 aromatic carbocycles. The minimum absolute atomic E-state index is 0.0842. The lowest BCUT2D eigenvalue weighted by molar-refractivity contribution is 0.587. The molecule has 1 aromatic rings. The van der Waals surface area contributed by atoms with Crippen molar-refractivity contribution >= 4 is 38.7 Å². The van der Waals surface area contributed by atoms with Gasteiger partial charge in [0.1, 0.15) is 6.07 Å². The van der Waals surface area contributed by atoms with Gasteiger partial charge in [-0.3, -0.25) is 10.8 Å². The first-order valence-corrected chi connectivity index (χ1v) is 7.74. The van der Waals surface area contributed by atoms with Crippen LogP contribution in [-0.2, 0) is 9.84 Å². The molecule has 0 aromatic heterocycles. The van der Waals surface area contributed by atoms with Crippen molar-refractivity contribution in [2.24, 2.45) is 10.8 Å². The van der Waals surface area contributed by atoms with Gasteiger partial charge in [0.15, 0.2) is 15.7 Å². The molecule has 0 aliphatic carbocycles. The lowest BCUT2D eigenvalue weighted by atomic mass is 10.3. The monoisotopic (exact) mass is 327 g/mol. The van der Waals surface area contributed by atoms with Crippen molar-refractivity contribution in [3.8, 4) is 6.07 Å².